The number of ether oxygens (including phenoxy) is 2. The molecule has 7 nitrogen and oxygen atoms in total. The number of rotatable bonds is 8. The predicted molar refractivity (Wildman–Crippen MR) is 86.9 cm³/mol. The molecule has 134 valence electrons. The lowest BCUT2D eigenvalue weighted by atomic mass is 10.1. The summed E-state index contributed by atoms with van der Waals surface area (Å²) in [6.07, 6.45) is 1.69. The Balaban J connectivity index is 4.83. The highest BCUT2D eigenvalue weighted by Crippen LogP contribution is 2.08. The quantitative estimate of drug-likeness (QED) is 0.665. The van der Waals surface area contributed by atoms with Crippen LogP contribution in [0.25, 0.3) is 0 Å². The first-order valence-electron chi connectivity index (χ1n) is 8.02. The fourth-order valence-corrected chi connectivity index (χ4v) is 1.96. The summed E-state index contributed by atoms with van der Waals surface area (Å²) < 4.78 is 9.85. The van der Waals surface area contributed by atoms with Gasteiger partial charge < -0.3 is 20.1 Å². The van der Waals surface area contributed by atoms with Crippen molar-refractivity contribution in [3.63, 3.8) is 0 Å². The third kappa shape index (κ3) is 9.05. The highest BCUT2D eigenvalue weighted by atomic mass is 16.6. The lowest BCUT2D eigenvalue weighted by molar-refractivity contribution is -0.145. The number of nitrogens with one attached hydrogen (secondary N) is 2. The van der Waals surface area contributed by atoms with Crippen molar-refractivity contribution in [2.24, 2.45) is 0 Å². The van der Waals surface area contributed by atoms with Gasteiger partial charge in [0, 0.05) is 0 Å². The van der Waals surface area contributed by atoms with Gasteiger partial charge in [-0.15, -0.1) is 0 Å². The third-order valence-electron chi connectivity index (χ3n) is 2.96. The molecule has 2 amide bonds. The fourth-order valence-electron chi connectivity index (χ4n) is 1.96. The minimum absolute atomic E-state index is 0.415. The summed E-state index contributed by atoms with van der Waals surface area (Å²) >= 11 is 0. The number of hydrogen-bond acceptors (Lipinski definition) is 5. The number of carbonyl (C=O) groups is 3. The van der Waals surface area contributed by atoms with Crippen LogP contribution in [0.5, 0.6) is 0 Å². The number of methoxy groups -OCH3 is 1. The van der Waals surface area contributed by atoms with Gasteiger partial charge >= 0.3 is 12.1 Å². The van der Waals surface area contributed by atoms with E-state index in [9.17, 15) is 14.4 Å². The number of hydrogen-bond donors (Lipinski definition) is 2. The Hall–Kier alpha value is -1.79. The van der Waals surface area contributed by atoms with Crippen molar-refractivity contribution in [1.29, 1.82) is 0 Å². The highest BCUT2D eigenvalue weighted by molar-refractivity contribution is 5.89. The summed E-state index contributed by atoms with van der Waals surface area (Å²) in [5, 5.41) is 5.19. The minimum atomic E-state index is -0.751. The van der Waals surface area contributed by atoms with Crippen molar-refractivity contribution >= 4 is 18.0 Å². The van der Waals surface area contributed by atoms with Crippen LogP contribution in [0, 0.1) is 0 Å². The van der Waals surface area contributed by atoms with E-state index in [4.69, 9.17) is 4.74 Å². The molecule has 0 aromatic carbocycles. The van der Waals surface area contributed by atoms with E-state index < -0.39 is 35.7 Å². The molecule has 0 heterocycles. The maximum Gasteiger partial charge on any atom is 0.408 e. The smallest absolute Gasteiger partial charge is 0.408 e. The largest absolute Gasteiger partial charge is 0.467 e. The molecule has 7 heteroatoms. The van der Waals surface area contributed by atoms with Gasteiger partial charge in [-0.1, -0.05) is 26.7 Å². The van der Waals surface area contributed by atoms with Gasteiger partial charge in [0.25, 0.3) is 0 Å². The standard InChI is InChI=1S/C16H30N2O5/c1-7-9-11(18-15(21)23-16(3,4)5)13(19)17-12(10-8-2)14(20)22-6/h11-12H,7-10H2,1-6H3,(H,17,19)(H,18,21)/t11-,12+/m1/s1. The molecular weight excluding hydrogens is 300 g/mol. The van der Waals surface area contributed by atoms with Crippen molar-refractivity contribution in [1.82, 2.24) is 10.6 Å². The van der Waals surface area contributed by atoms with Crippen LogP contribution in [-0.2, 0) is 19.1 Å². The third-order valence-corrected chi connectivity index (χ3v) is 2.96. The molecule has 0 saturated heterocycles. The molecule has 0 fully saturated rings. The van der Waals surface area contributed by atoms with Gasteiger partial charge in [0.05, 0.1) is 7.11 Å². The van der Waals surface area contributed by atoms with E-state index >= 15 is 0 Å². The van der Waals surface area contributed by atoms with E-state index in [0.717, 1.165) is 6.42 Å². The minimum Gasteiger partial charge on any atom is -0.467 e. The van der Waals surface area contributed by atoms with Gasteiger partial charge in [0.2, 0.25) is 5.91 Å². The van der Waals surface area contributed by atoms with Crippen molar-refractivity contribution in [2.45, 2.75) is 78.0 Å². The van der Waals surface area contributed by atoms with E-state index in [1.807, 2.05) is 13.8 Å². The first kappa shape index (κ1) is 21.2. The zero-order chi connectivity index (χ0) is 18.0. The average molecular weight is 330 g/mol. The Bertz CT molecular complexity index is 404. The van der Waals surface area contributed by atoms with Crippen LogP contribution in [0.1, 0.15) is 60.3 Å². The van der Waals surface area contributed by atoms with E-state index in [-0.39, 0.29) is 0 Å². The maximum absolute atomic E-state index is 12.4. The van der Waals surface area contributed by atoms with Crippen LogP contribution in [0.15, 0.2) is 0 Å². The molecule has 0 aliphatic rings. The predicted octanol–water partition coefficient (Wildman–Crippen LogP) is 2.14. The Kier molecular flexibility index (Phi) is 9.29. The van der Waals surface area contributed by atoms with Crippen molar-refractivity contribution < 1.29 is 23.9 Å². The second-order valence-corrected chi connectivity index (χ2v) is 6.36. The molecule has 0 saturated carbocycles. The molecule has 0 aliphatic heterocycles. The summed E-state index contributed by atoms with van der Waals surface area (Å²) in [6, 6.07) is -1.46. The zero-order valence-corrected chi connectivity index (χ0v) is 15.0. The second-order valence-electron chi connectivity index (χ2n) is 6.36. The topological polar surface area (TPSA) is 93.7 Å². The summed E-state index contributed by atoms with van der Waals surface area (Å²) in [4.78, 5) is 35.9. The summed E-state index contributed by atoms with van der Waals surface area (Å²) in [5.74, 6) is -0.908. The van der Waals surface area contributed by atoms with Crippen LogP contribution in [0.3, 0.4) is 0 Å². The highest BCUT2D eigenvalue weighted by Gasteiger charge is 2.27. The van der Waals surface area contributed by atoms with E-state index in [1.54, 1.807) is 20.8 Å². The SMILES string of the molecule is CCC[C@H](NC(=O)[C@@H](CCC)NC(=O)OC(C)(C)C)C(=O)OC. The molecule has 0 rings (SSSR count). The zero-order valence-electron chi connectivity index (χ0n) is 15.0. The second kappa shape index (κ2) is 10.1. The van der Waals surface area contributed by atoms with Crippen LogP contribution in [0.4, 0.5) is 4.79 Å². The van der Waals surface area contributed by atoms with Gasteiger partial charge in [0.15, 0.2) is 0 Å². The first-order chi connectivity index (χ1) is 10.6. The molecule has 2 N–H and O–H groups in total. The molecule has 0 aromatic heterocycles. The number of alkyl carbamates (subject to hydrolysis) is 1. The lowest BCUT2D eigenvalue weighted by Gasteiger charge is -2.24. The molecule has 0 unspecified atom stereocenters. The van der Waals surface area contributed by atoms with Crippen LogP contribution in [-0.4, -0.2) is 42.8 Å². The molecule has 0 aliphatic carbocycles. The first-order valence-corrected chi connectivity index (χ1v) is 8.02. The normalized spacial score (nSPS) is 13.7. The molecule has 0 aromatic rings. The molecule has 0 radical (unpaired) electrons. The molecular formula is C16H30N2O5. The number of carbonyl (C=O) groups excluding carboxylic acids is 3. The molecule has 0 bridgehead atoms. The van der Waals surface area contributed by atoms with Gasteiger partial charge in [0.1, 0.15) is 17.7 Å². The van der Waals surface area contributed by atoms with Crippen molar-refractivity contribution in [3.8, 4) is 0 Å². The van der Waals surface area contributed by atoms with E-state index in [0.29, 0.717) is 19.3 Å². The van der Waals surface area contributed by atoms with Crippen LogP contribution >= 0.6 is 0 Å². The van der Waals surface area contributed by atoms with Crippen molar-refractivity contribution in [3.05, 3.63) is 0 Å². The Morgan fingerprint density at radius 1 is 0.957 bits per heavy atom. The van der Waals surface area contributed by atoms with Crippen LogP contribution in [0.2, 0.25) is 0 Å². The number of amides is 2. The fraction of sp³-hybridized carbons (Fsp3) is 0.812. The Morgan fingerprint density at radius 3 is 1.91 bits per heavy atom. The van der Waals surface area contributed by atoms with Crippen molar-refractivity contribution in [2.75, 3.05) is 7.11 Å². The average Bonchev–Trinajstić information content (AvgIpc) is 2.43. The summed E-state index contributed by atoms with van der Waals surface area (Å²) in [5.41, 5.74) is -0.645. The summed E-state index contributed by atoms with van der Waals surface area (Å²) in [7, 11) is 1.28. The Morgan fingerprint density at radius 2 is 1.48 bits per heavy atom. The van der Waals surface area contributed by atoms with E-state index in [2.05, 4.69) is 15.4 Å². The van der Waals surface area contributed by atoms with E-state index in [1.165, 1.54) is 7.11 Å². The van der Waals surface area contributed by atoms with Gasteiger partial charge in [-0.25, -0.2) is 9.59 Å². The monoisotopic (exact) mass is 330 g/mol. The van der Waals surface area contributed by atoms with Gasteiger partial charge in [-0.3, -0.25) is 4.79 Å². The lowest BCUT2D eigenvalue weighted by Crippen LogP contribution is -2.52. The van der Waals surface area contributed by atoms with Crippen LogP contribution < -0.4 is 10.6 Å². The maximum atomic E-state index is 12.4. The van der Waals surface area contributed by atoms with Gasteiger partial charge in [-0.05, 0) is 33.6 Å². The molecule has 2 atom stereocenters. The molecule has 0 spiro atoms. The summed E-state index contributed by atoms with van der Waals surface area (Å²) in [6.45, 7) is 9.05. The Labute approximate surface area is 138 Å². The van der Waals surface area contributed by atoms with Gasteiger partial charge in [-0.2, -0.15) is 0 Å². The number of esters is 1. The molecule has 23 heavy (non-hydrogen) atoms.